The summed E-state index contributed by atoms with van der Waals surface area (Å²) in [5.41, 5.74) is 7.60. The number of nitrogens with one attached hydrogen (secondary N) is 1. The lowest BCUT2D eigenvalue weighted by molar-refractivity contribution is -0.145. The van der Waals surface area contributed by atoms with Crippen LogP contribution >= 0.6 is 0 Å². The summed E-state index contributed by atoms with van der Waals surface area (Å²) in [7, 11) is 0. The Morgan fingerprint density at radius 2 is 2.09 bits per heavy atom. The van der Waals surface area contributed by atoms with Crippen molar-refractivity contribution < 1.29 is 14.3 Å². The predicted molar refractivity (Wildman–Crippen MR) is 88.0 cm³/mol. The fraction of sp³-hybridized carbons (Fsp3) is 0.588. The van der Waals surface area contributed by atoms with Gasteiger partial charge in [0.2, 0.25) is 0 Å². The Hall–Kier alpha value is -1.91. The van der Waals surface area contributed by atoms with E-state index in [9.17, 15) is 4.79 Å². The monoisotopic (exact) mass is 306 g/mol. The standard InChI is InChI=1S/C17H26N2O3/c1-2-21-17(20)12-22-14-8-9-16(15(18)10-14)19-11-13-6-4-3-5-7-13/h8-10,13,19H,2-7,11-12,18H2,1H3. The molecule has 0 heterocycles. The first-order valence-corrected chi connectivity index (χ1v) is 8.11. The van der Waals surface area contributed by atoms with Gasteiger partial charge in [-0.05, 0) is 37.8 Å². The highest BCUT2D eigenvalue weighted by atomic mass is 16.6. The molecule has 5 heteroatoms. The number of carbonyl (C=O) groups is 1. The first kappa shape index (κ1) is 16.5. The Balaban J connectivity index is 1.82. The van der Waals surface area contributed by atoms with Crippen molar-refractivity contribution in [1.29, 1.82) is 0 Å². The zero-order valence-corrected chi connectivity index (χ0v) is 13.3. The lowest BCUT2D eigenvalue weighted by Gasteiger charge is -2.22. The molecule has 22 heavy (non-hydrogen) atoms. The summed E-state index contributed by atoms with van der Waals surface area (Å²) in [6.45, 7) is 2.99. The Kier molecular flexibility index (Phi) is 6.37. The summed E-state index contributed by atoms with van der Waals surface area (Å²) >= 11 is 0. The minimum absolute atomic E-state index is 0.0951. The lowest BCUT2D eigenvalue weighted by atomic mass is 9.89. The second-order valence-corrected chi connectivity index (χ2v) is 5.73. The summed E-state index contributed by atoms with van der Waals surface area (Å²) in [4.78, 5) is 11.3. The Morgan fingerprint density at radius 1 is 1.32 bits per heavy atom. The Morgan fingerprint density at radius 3 is 2.77 bits per heavy atom. The second-order valence-electron chi connectivity index (χ2n) is 5.73. The largest absolute Gasteiger partial charge is 0.482 e. The maximum Gasteiger partial charge on any atom is 0.344 e. The van der Waals surface area contributed by atoms with Gasteiger partial charge in [-0.15, -0.1) is 0 Å². The number of hydrogen-bond donors (Lipinski definition) is 2. The van der Waals surface area contributed by atoms with Crippen molar-refractivity contribution >= 4 is 17.3 Å². The van der Waals surface area contributed by atoms with E-state index in [1.54, 1.807) is 13.0 Å². The van der Waals surface area contributed by atoms with Crippen LogP contribution in [0.3, 0.4) is 0 Å². The molecule has 0 aromatic heterocycles. The van der Waals surface area contributed by atoms with Crippen LogP contribution < -0.4 is 15.8 Å². The fourth-order valence-electron chi connectivity index (χ4n) is 2.78. The van der Waals surface area contributed by atoms with Crippen LogP contribution in [0.15, 0.2) is 18.2 Å². The number of nitrogens with two attached hydrogens (primary N) is 1. The zero-order valence-electron chi connectivity index (χ0n) is 13.3. The van der Waals surface area contributed by atoms with Gasteiger partial charge < -0.3 is 20.5 Å². The van der Waals surface area contributed by atoms with Crippen LogP contribution in [-0.4, -0.2) is 25.7 Å². The van der Waals surface area contributed by atoms with Gasteiger partial charge in [0.25, 0.3) is 0 Å². The number of ether oxygens (including phenoxy) is 2. The molecule has 5 nitrogen and oxygen atoms in total. The quantitative estimate of drug-likeness (QED) is 0.598. The van der Waals surface area contributed by atoms with Crippen LogP contribution in [0.1, 0.15) is 39.0 Å². The topological polar surface area (TPSA) is 73.6 Å². The molecule has 3 N–H and O–H groups in total. The second kappa shape index (κ2) is 8.51. The van der Waals surface area contributed by atoms with Gasteiger partial charge in [0.15, 0.2) is 6.61 Å². The Bertz CT molecular complexity index is 485. The van der Waals surface area contributed by atoms with E-state index in [1.165, 1.54) is 32.1 Å². The van der Waals surface area contributed by atoms with Gasteiger partial charge in [-0.3, -0.25) is 0 Å². The molecule has 0 unspecified atom stereocenters. The molecule has 0 aliphatic heterocycles. The van der Waals surface area contributed by atoms with Crippen LogP contribution in [0.25, 0.3) is 0 Å². The highest BCUT2D eigenvalue weighted by molar-refractivity contribution is 5.72. The number of rotatable bonds is 7. The maximum atomic E-state index is 11.3. The molecule has 0 amide bonds. The minimum Gasteiger partial charge on any atom is -0.482 e. The average Bonchev–Trinajstić information content (AvgIpc) is 2.53. The zero-order chi connectivity index (χ0) is 15.8. The highest BCUT2D eigenvalue weighted by Gasteiger charge is 2.13. The molecule has 0 atom stereocenters. The van der Waals surface area contributed by atoms with E-state index in [-0.39, 0.29) is 12.6 Å². The molecule has 1 fully saturated rings. The Labute approximate surface area is 132 Å². The van der Waals surface area contributed by atoms with E-state index in [0.717, 1.165) is 18.2 Å². The number of nitrogen functional groups attached to an aromatic ring is 1. The van der Waals surface area contributed by atoms with Crippen LogP contribution in [-0.2, 0) is 9.53 Å². The van der Waals surface area contributed by atoms with Crippen LogP contribution in [0.2, 0.25) is 0 Å². The first-order chi connectivity index (χ1) is 10.7. The molecule has 1 aromatic carbocycles. The molecule has 0 bridgehead atoms. The normalized spacial score (nSPS) is 15.3. The minimum atomic E-state index is -0.374. The van der Waals surface area contributed by atoms with Gasteiger partial charge in [0.05, 0.1) is 18.0 Å². The van der Waals surface area contributed by atoms with Gasteiger partial charge in [-0.25, -0.2) is 4.79 Å². The number of esters is 1. The molecular weight excluding hydrogens is 280 g/mol. The summed E-state index contributed by atoms with van der Waals surface area (Å²) in [6, 6.07) is 5.46. The number of anilines is 2. The van der Waals surface area contributed by atoms with Gasteiger partial charge >= 0.3 is 5.97 Å². The van der Waals surface area contributed by atoms with Crippen molar-refractivity contribution in [2.45, 2.75) is 39.0 Å². The molecule has 0 saturated heterocycles. The summed E-state index contributed by atoms with van der Waals surface area (Å²) in [6.07, 6.45) is 6.64. The third-order valence-corrected chi connectivity index (χ3v) is 3.99. The molecule has 2 rings (SSSR count). The molecule has 0 spiro atoms. The SMILES string of the molecule is CCOC(=O)COc1ccc(NCC2CCCCC2)c(N)c1. The van der Waals surface area contributed by atoms with Gasteiger partial charge in [-0.2, -0.15) is 0 Å². The smallest absolute Gasteiger partial charge is 0.344 e. The molecule has 1 saturated carbocycles. The number of carbonyl (C=O) groups excluding carboxylic acids is 1. The summed E-state index contributed by atoms with van der Waals surface area (Å²) < 4.78 is 10.2. The molecule has 1 aromatic rings. The highest BCUT2D eigenvalue weighted by Crippen LogP contribution is 2.27. The number of hydrogen-bond acceptors (Lipinski definition) is 5. The van der Waals surface area contributed by atoms with E-state index >= 15 is 0 Å². The van der Waals surface area contributed by atoms with E-state index in [4.69, 9.17) is 15.2 Å². The van der Waals surface area contributed by atoms with Crippen molar-refractivity contribution in [1.82, 2.24) is 0 Å². The summed E-state index contributed by atoms with van der Waals surface area (Å²) in [5.74, 6) is 0.947. The maximum absolute atomic E-state index is 11.3. The fourth-order valence-corrected chi connectivity index (χ4v) is 2.78. The van der Waals surface area contributed by atoms with Crippen LogP contribution in [0.4, 0.5) is 11.4 Å². The van der Waals surface area contributed by atoms with Crippen molar-refractivity contribution in [2.75, 3.05) is 30.8 Å². The van der Waals surface area contributed by atoms with Crippen molar-refractivity contribution in [3.05, 3.63) is 18.2 Å². The lowest BCUT2D eigenvalue weighted by Crippen LogP contribution is -2.18. The van der Waals surface area contributed by atoms with Crippen molar-refractivity contribution in [2.24, 2.45) is 5.92 Å². The van der Waals surface area contributed by atoms with Crippen LogP contribution in [0.5, 0.6) is 5.75 Å². The van der Waals surface area contributed by atoms with Crippen molar-refractivity contribution in [3.63, 3.8) is 0 Å². The van der Waals surface area contributed by atoms with E-state index in [1.807, 2.05) is 12.1 Å². The molecule has 1 aliphatic carbocycles. The summed E-state index contributed by atoms with van der Waals surface area (Å²) in [5, 5.41) is 3.42. The van der Waals surface area contributed by atoms with Crippen molar-refractivity contribution in [3.8, 4) is 5.75 Å². The average molecular weight is 306 g/mol. The van der Waals surface area contributed by atoms with E-state index in [2.05, 4.69) is 5.32 Å². The molecule has 122 valence electrons. The van der Waals surface area contributed by atoms with Crippen LogP contribution in [0, 0.1) is 5.92 Å². The number of benzene rings is 1. The predicted octanol–water partition coefficient (Wildman–Crippen LogP) is 3.20. The molecule has 1 aliphatic rings. The van der Waals surface area contributed by atoms with E-state index in [0.29, 0.717) is 18.0 Å². The third-order valence-electron chi connectivity index (χ3n) is 3.99. The third kappa shape index (κ3) is 5.13. The van der Waals surface area contributed by atoms with E-state index < -0.39 is 0 Å². The molecular formula is C17H26N2O3. The molecule has 0 radical (unpaired) electrons. The van der Waals surface area contributed by atoms with Gasteiger partial charge in [0, 0.05) is 12.6 Å². The van der Waals surface area contributed by atoms with Gasteiger partial charge in [0.1, 0.15) is 5.75 Å². The van der Waals surface area contributed by atoms with Gasteiger partial charge in [-0.1, -0.05) is 19.3 Å². The first-order valence-electron chi connectivity index (χ1n) is 8.11.